The fourth-order valence-electron chi connectivity index (χ4n) is 3.86. The van der Waals surface area contributed by atoms with E-state index >= 15 is 0 Å². The van der Waals surface area contributed by atoms with Crippen molar-refractivity contribution in [2.75, 3.05) is 12.3 Å². The average molecular weight is 479 g/mol. The lowest BCUT2D eigenvalue weighted by Gasteiger charge is -2.30. The molecule has 33 heavy (non-hydrogen) atoms. The van der Waals surface area contributed by atoms with Crippen LogP contribution in [-0.2, 0) is 25.6 Å². The van der Waals surface area contributed by atoms with Crippen LogP contribution in [0.5, 0.6) is 0 Å². The Morgan fingerprint density at radius 1 is 1.21 bits per heavy atom. The molecular formula is C23H34N4O5S. The van der Waals surface area contributed by atoms with Crippen molar-refractivity contribution in [2.24, 2.45) is 11.7 Å². The number of nitrogens with zero attached hydrogens (tertiary/aromatic N) is 1. The van der Waals surface area contributed by atoms with Gasteiger partial charge in [0.2, 0.25) is 17.7 Å². The van der Waals surface area contributed by atoms with Crippen LogP contribution in [0.2, 0.25) is 0 Å². The molecule has 0 bridgehead atoms. The Bertz CT molecular complexity index is 837. The van der Waals surface area contributed by atoms with Crippen LogP contribution in [0.1, 0.15) is 38.7 Å². The molecule has 1 fully saturated rings. The van der Waals surface area contributed by atoms with Gasteiger partial charge in [-0.25, -0.2) is 4.79 Å². The molecule has 1 aromatic carbocycles. The number of carboxylic acid groups (broad SMARTS) is 1. The fourth-order valence-corrected chi connectivity index (χ4v) is 4.11. The quantitative estimate of drug-likeness (QED) is 0.295. The van der Waals surface area contributed by atoms with E-state index in [2.05, 4.69) is 23.3 Å². The van der Waals surface area contributed by atoms with Crippen molar-refractivity contribution in [2.45, 2.75) is 63.7 Å². The van der Waals surface area contributed by atoms with E-state index in [0.29, 0.717) is 32.2 Å². The Balaban J connectivity index is 2.03. The van der Waals surface area contributed by atoms with Crippen LogP contribution in [0.3, 0.4) is 0 Å². The normalized spacial score (nSPS) is 19.3. The summed E-state index contributed by atoms with van der Waals surface area (Å²) in [5.41, 5.74) is 6.93. The Labute approximate surface area is 199 Å². The second kappa shape index (κ2) is 12.6. The van der Waals surface area contributed by atoms with Crippen LogP contribution in [0.25, 0.3) is 0 Å². The topological polar surface area (TPSA) is 142 Å². The van der Waals surface area contributed by atoms with Crippen molar-refractivity contribution < 1.29 is 24.3 Å². The van der Waals surface area contributed by atoms with Crippen LogP contribution >= 0.6 is 12.6 Å². The fraction of sp³-hybridized carbons (Fsp3) is 0.565. The number of aliphatic carboxylic acids is 1. The number of carboxylic acids is 1. The monoisotopic (exact) mass is 478 g/mol. The lowest BCUT2D eigenvalue weighted by molar-refractivity contribution is -0.145. The molecule has 5 atom stereocenters. The molecule has 5 N–H and O–H groups in total. The molecule has 2 rings (SSSR count). The van der Waals surface area contributed by atoms with E-state index in [1.807, 2.05) is 37.3 Å². The number of likely N-dealkylation sites (tertiary alicyclic amines) is 1. The van der Waals surface area contributed by atoms with Crippen molar-refractivity contribution in [3.8, 4) is 0 Å². The van der Waals surface area contributed by atoms with E-state index in [4.69, 9.17) is 5.73 Å². The molecule has 0 aliphatic carbocycles. The summed E-state index contributed by atoms with van der Waals surface area (Å²) in [6.45, 7) is 3.94. The molecule has 0 saturated carbocycles. The van der Waals surface area contributed by atoms with E-state index in [-0.39, 0.29) is 11.7 Å². The highest BCUT2D eigenvalue weighted by atomic mass is 32.1. The van der Waals surface area contributed by atoms with E-state index in [0.717, 1.165) is 5.56 Å². The Morgan fingerprint density at radius 3 is 2.45 bits per heavy atom. The minimum absolute atomic E-state index is 0.0398. The van der Waals surface area contributed by atoms with Crippen molar-refractivity contribution in [3.05, 3.63) is 35.9 Å². The van der Waals surface area contributed by atoms with Gasteiger partial charge < -0.3 is 26.4 Å². The molecule has 0 aromatic heterocycles. The molecule has 0 spiro atoms. The number of benzene rings is 1. The van der Waals surface area contributed by atoms with Gasteiger partial charge in [0, 0.05) is 12.3 Å². The van der Waals surface area contributed by atoms with Crippen molar-refractivity contribution in [3.63, 3.8) is 0 Å². The first-order chi connectivity index (χ1) is 15.7. The summed E-state index contributed by atoms with van der Waals surface area (Å²) in [5.74, 6) is -2.74. The SMILES string of the molecule is CCC(C)C(NC(=O)C1CCCN1C(=O)C(CS)NC(=O)C(N)Cc1ccccc1)C(=O)O. The smallest absolute Gasteiger partial charge is 0.326 e. The second-order valence-electron chi connectivity index (χ2n) is 8.44. The second-order valence-corrected chi connectivity index (χ2v) is 8.80. The molecule has 1 heterocycles. The van der Waals surface area contributed by atoms with Gasteiger partial charge in [-0.05, 0) is 30.7 Å². The third-order valence-electron chi connectivity index (χ3n) is 6.05. The Hall–Kier alpha value is -2.59. The number of amides is 3. The molecule has 0 radical (unpaired) electrons. The van der Waals surface area contributed by atoms with Crippen LogP contribution in [0.4, 0.5) is 0 Å². The first-order valence-corrected chi connectivity index (χ1v) is 11.9. The van der Waals surface area contributed by atoms with Crippen molar-refractivity contribution >= 4 is 36.3 Å². The number of hydrogen-bond donors (Lipinski definition) is 5. The van der Waals surface area contributed by atoms with E-state index in [1.165, 1.54) is 4.90 Å². The lowest BCUT2D eigenvalue weighted by Crippen LogP contribution is -2.58. The number of nitrogens with one attached hydrogen (secondary N) is 2. The van der Waals surface area contributed by atoms with E-state index in [9.17, 15) is 24.3 Å². The summed E-state index contributed by atoms with van der Waals surface area (Å²) in [7, 11) is 0. The first-order valence-electron chi connectivity index (χ1n) is 11.2. The predicted molar refractivity (Wildman–Crippen MR) is 128 cm³/mol. The molecule has 1 aromatic rings. The van der Waals surface area contributed by atoms with Gasteiger partial charge >= 0.3 is 5.97 Å². The molecule has 1 aliphatic heterocycles. The van der Waals surface area contributed by atoms with E-state index in [1.54, 1.807) is 6.92 Å². The summed E-state index contributed by atoms with van der Waals surface area (Å²) in [5, 5.41) is 14.7. The highest BCUT2D eigenvalue weighted by Gasteiger charge is 2.39. The zero-order valence-corrected chi connectivity index (χ0v) is 20.0. The highest BCUT2D eigenvalue weighted by Crippen LogP contribution is 2.20. The van der Waals surface area contributed by atoms with Gasteiger partial charge in [0.05, 0.1) is 6.04 Å². The average Bonchev–Trinajstić information content (AvgIpc) is 3.30. The maximum absolute atomic E-state index is 13.1. The molecule has 182 valence electrons. The number of thiol groups is 1. The number of carbonyl (C=O) groups excluding carboxylic acids is 3. The first kappa shape index (κ1) is 26.7. The molecule has 1 saturated heterocycles. The number of carbonyl (C=O) groups is 4. The van der Waals surface area contributed by atoms with Gasteiger partial charge in [0.15, 0.2) is 0 Å². The standard InChI is InChI=1S/C23H34N4O5S/c1-3-14(2)19(23(31)32)26-21(29)18-10-7-11-27(18)22(30)17(13-33)25-20(28)16(24)12-15-8-5-4-6-9-15/h4-6,8-9,14,16-19,33H,3,7,10-13,24H2,1-2H3,(H,25,28)(H,26,29)(H,31,32). The van der Waals surface area contributed by atoms with Gasteiger partial charge in [0.1, 0.15) is 18.1 Å². The van der Waals surface area contributed by atoms with Gasteiger partial charge in [-0.15, -0.1) is 0 Å². The summed E-state index contributed by atoms with van der Waals surface area (Å²) in [6, 6.07) is 5.71. The minimum Gasteiger partial charge on any atom is -0.480 e. The third-order valence-corrected chi connectivity index (χ3v) is 6.41. The minimum atomic E-state index is -1.11. The van der Waals surface area contributed by atoms with Crippen LogP contribution in [0, 0.1) is 5.92 Å². The number of rotatable bonds is 11. The number of hydrogen-bond acceptors (Lipinski definition) is 6. The van der Waals surface area contributed by atoms with Crippen LogP contribution in [0.15, 0.2) is 30.3 Å². The van der Waals surface area contributed by atoms with E-state index < -0.39 is 47.9 Å². The number of nitrogens with two attached hydrogens (primary N) is 1. The maximum atomic E-state index is 13.1. The molecule has 10 heteroatoms. The Morgan fingerprint density at radius 2 is 1.88 bits per heavy atom. The lowest BCUT2D eigenvalue weighted by atomic mass is 9.98. The van der Waals surface area contributed by atoms with Crippen molar-refractivity contribution in [1.82, 2.24) is 15.5 Å². The summed E-state index contributed by atoms with van der Waals surface area (Å²) >= 11 is 4.21. The predicted octanol–water partition coefficient (Wildman–Crippen LogP) is 0.578. The van der Waals surface area contributed by atoms with Crippen molar-refractivity contribution in [1.29, 1.82) is 0 Å². The third kappa shape index (κ3) is 7.20. The van der Waals surface area contributed by atoms with Gasteiger partial charge in [-0.3, -0.25) is 14.4 Å². The van der Waals surface area contributed by atoms with Crippen LogP contribution in [-0.4, -0.2) is 70.2 Å². The zero-order chi connectivity index (χ0) is 24.5. The summed E-state index contributed by atoms with van der Waals surface area (Å²) in [6.07, 6.45) is 1.93. The zero-order valence-electron chi connectivity index (χ0n) is 19.1. The summed E-state index contributed by atoms with van der Waals surface area (Å²) in [4.78, 5) is 51.6. The van der Waals surface area contributed by atoms with Gasteiger partial charge in [-0.2, -0.15) is 12.6 Å². The highest BCUT2D eigenvalue weighted by molar-refractivity contribution is 7.80. The maximum Gasteiger partial charge on any atom is 0.326 e. The molecular weight excluding hydrogens is 444 g/mol. The summed E-state index contributed by atoms with van der Waals surface area (Å²) < 4.78 is 0. The van der Waals surface area contributed by atoms with Gasteiger partial charge in [-0.1, -0.05) is 50.6 Å². The Kier molecular flexibility index (Phi) is 10.2. The molecule has 3 amide bonds. The van der Waals surface area contributed by atoms with Crippen LogP contribution < -0.4 is 16.4 Å². The largest absolute Gasteiger partial charge is 0.480 e. The molecule has 1 aliphatic rings. The molecule has 9 nitrogen and oxygen atoms in total. The van der Waals surface area contributed by atoms with Gasteiger partial charge in [0.25, 0.3) is 0 Å². The molecule has 5 unspecified atom stereocenters.